The molecule has 0 unspecified atom stereocenters. The maximum absolute atomic E-state index is 13.5. The molecular formula is C21H17N5OS. The van der Waals surface area contributed by atoms with Gasteiger partial charge in [-0.1, -0.05) is 48.5 Å². The first-order valence-corrected chi connectivity index (χ1v) is 9.36. The van der Waals surface area contributed by atoms with Gasteiger partial charge < -0.3 is 0 Å². The number of fused-ring (bicyclic) bond motifs is 5. The van der Waals surface area contributed by atoms with Crippen LogP contribution in [0, 0.1) is 18.6 Å². The molecule has 2 N–H and O–H groups in total. The van der Waals surface area contributed by atoms with E-state index in [1.165, 1.54) is 0 Å². The average molecular weight is 387 g/mol. The zero-order valence-electron chi connectivity index (χ0n) is 15.4. The predicted octanol–water partition coefficient (Wildman–Crippen LogP) is 2.99. The summed E-state index contributed by atoms with van der Waals surface area (Å²) in [5, 5.41) is 7.48. The van der Waals surface area contributed by atoms with Crippen molar-refractivity contribution in [1.82, 2.24) is 20.3 Å². The van der Waals surface area contributed by atoms with E-state index in [4.69, 9.17) is 12.2 Å². The lowest BCUT2D eigenvalue weighted by molar-refractivity contribution is -0.125. The molecular weight excluding hydrogens is 370 g/mol. The molecule has 1 aliphatic carbocycles. The molecule has 0 atom stereocenters. The first-order chi connectivity index (χ1) is 13.5. The molecule has 138 valence electrons. The number of nitrogens with one attached hydrogen (secondary N) is 2. The van der Waals surface area contributed by atoms with Crippen LogP contribution in [0.2, 0.25) is 0 Å². The van der Waals surface area contributed by atoms with Gasteiger partial charge in [-0.2, -0.15) is 0 Å². The van der Waals surface area contributed by atoms with Crippen molar-refractivity contribution in [2.45, 2.75) is 19.4 Å². The molecule has 3 aromatic rings. The van der Waals surface area contributed by atoms with Crippen LogP contribution in [-0.4, -0.2) is 21.4 Å². The Morgan fingerprint density at radius 1 is 1.00 bits per heavy atom. The Morgan fingerprint density at radius 2 is 1.61 bits per heavy atom. The van der Waals surface area contributed by atoms with Crippen molar-refractivity contribution in [3.63, 3.8) is 0 Å². The molecule has 5 rings (SSSR count). The third kappa shape index (κ3) is 2.13. The van der Waals surface area contributed by atoms with E-state index in [0.717, 1.165) is 33.6 Å². The molecule has 28 heavy (non-hydrogen) atoms. The third-order valence-electron chi connectivity index (χ3n) is 5.29. The second kappa shape index (κ2) is 5.84. The summed E-state index contributed by atoms with van der Waals surface area (Å²) < 4.78 is 2.01. The Kier molecular flexibility index (Phi) is 3.51. The van der Waals surface area contributed by atoms with E-state index >= 15 is 0 Å². The minimum atomic E-state index is -1.06. The Morgan fingerprint density at radius 3 is 2.18 bits per heavy atom. The molecule has 2 heterocycles. The number of hydrogen-bond acceptors (Lipinski definition) is 5. The Labute approximate surface area is 166 Å². The fourth-order valence-corrected chi connectivity index (χ4v) is 4.50. The van der Waals surface area contributed by atoms with Crippen LogP contribution < -0.4 is 10.7 Å². The van der Waals surface area contributed by atoms with Crippen molar-refractivity contribution in [3.8, 4) is 11.1 Å². The van der Waals surface area contributed by atoms with Crippen LogP contribution in [0.1, 0.15) is 22.5 Å². The normalized spacial score (nSPS) is 16.1. The lowest BCUT2D eigenvalue weighted by Gasteiger charge is -2.34. The largest absolute Gasteiger partial charge is 0.292 e. The SMILES string of the molecule is Cc1cc(C)n(C2=NNC3(C(=O)N2)c2ccccc2-c2ccccc23)c(=S)n1. The minimum Gasteiger partial charge on any atom is -0.292 e. The lowest BCUT2D eigenvalue weighted by Crippen LogP contribution is -2.59. The second-order valence-corrected chi connectivity index (χ2v) is 7.36. The van der Waals surface area contributed by atoms with Gasteiger partial charge in [-0.3, -0.25) is 20.1 Å². The van der Waals surface area contributed by atoms with Crippen LogP contribution in [0.3, 0.4) is 0 Å². The summed E-state index contributed by atoms with van der Waals surface area (Å²) >= 11 is 5.39. The van der Waals surface area contributed by atoms with Crippen LogP contribution >= 0.6 is 12.2 Å². The summed E-state index contributed by atoms with van der Waals surface area (Å²) in [6.45, 7) is 3.79. The third-order valence-corrected chi connectivity index (χ3v) is 5.57. The molecule has 0 radical (unpaired) electrons. The minimum absolute atomic E-state index is 0.197. The van der Waals surface area contributed by atoms with E-state index in [2.05, 4.69) is 20.8 Å². The molecule has 0 bridgehead atoms. The highest BCUT2D eigenvalue weighted by molar-refractivity contribution is 7.71. The molecule has 6 nitrogen and oxygen atoms in total. The standard InChI is InChI=1S/C21H17N5OS/c1-12-11-13(2)26(20(28)22-12)19-23-18(27)21(25-24-19)16-9-5-3-7-14(16)15-8-4-6-10-17(15)21/h3-11,25H,1-2H3,(H,23,24,27). The van der Waals surface area contributed by atoms with Gasteiger partial charge >= 0.3 is 0 Å². The number of carbonyl (C=O) groups excluding carboxylic acids is 1. The van der Waals surface area contributed by atoms with Crippen molar-refractivity contribution in [2.24, 2.45) is 5.10 Å². The van der Waals surface area contributed by atoms with Crippen LogP contribution in [0.5, 0.6) is 0 Å². The summed E-state index contributed by atoms with van der Waals surface area (Å²) in [7, 11) is 0. The highest BCUT2D eigenvalue weighted by Crippen LogP contribution is 2.48. The van der Waals surface area contributed by atoms with Gasteiger partial charge in [0.2, 0.25) is 10.7 Å². The first-order valence-electron chi connectivity index (χ1n) is 8.96. The Balaban J connectivity index is 1.70. The zero-order chi connectivity index (χ0) is 19.5. The van der Waals surface area contributed by atoms with Crippen molar-refractivity contribution >= 4 is 24.1 Å². The van der Waals surface area contributed by atoms with Gasteiger partial charge in [0, 0.05) is 22.5 Å². The van der Waals surface area contributed by atoms with Crippen molar-refractivity contribution < 1.29 is 4.79 Å². The topological polar surface area (TPSA) is 71.3 Å². The summed E-state index contributed by atoms with van der Waals surface area (Å²) in [5.41, 5.74) is 7.60. The molecule has 1 amide bonds. The highest BCUT2D eigenvalue weighted by Gasteiger charge is 2.51. The quantitative estimate of drug-likeness (QED) is 0.582. The smallest absolute Gasteiger partial charge is 0.263 e. The second-order valence-electron chi connectivity index (χ2n) is 7.00. The molecule has 1 aromatic heterocycles. The van der Waals surface area contributed by atoms with Gasteiger partial charge in [-0.15, -0.1) is 5.10 Å². The monoisotopic (exact) mass is 387 g/mol. The van der Waals surface area contributed by atoms with E-state index in [-0.39, 0.29) is 5.91 Å². The number of hydrazone groups is 1. The molecule has 1 aliphatic heterocycles. The summed E-state index contributed by atoms with van der Waals surface area (Å²) in [4.78, 5) is 17.8. The van der Waals surface area contributed by atoms with Gasteiger partial charge in [0.05, 0.1) is 0 Å². The number of aromatic nitrogens is 2. The zero-order valence-corrected chi connectivity index (χ0v) is 16.2. The molecule has 2 aliphatic rings. The molecule has 1 spiro atoms. The van der Waals surface area contributed by atoms with Crippen molar-refractivity contribution in [3.05, 3.63) is 81.9 Å². The number of amides is 1. The highest BCUT2D eigenvalue weighted by atomic mass is 32.1. The van der Waals surface area contributed by atoms with Crippen molar-refractivity contribution in [1.29, 1.82) is 0 Å². The summed E-state index contributed by atoms with van der Waals surface area (Å²) in [5.74, 6) is 0.129. The molecule has 2 aromatic carbocycles. The van der Waals surface area contributed by atoms with Crippen molar-refractivity contribution in [2.75, 3.05) is 0 Å². The average Bonchev–Trinajstić information content (AvgIpc) is 2.95. The van der Waals surface area contributed by atoms with Crippen LogP contribution in [-0.2, 0) is 10.3 Å². The summed E-state index contributed by atoms with van der Waals surface area (Å²) in [6.07, 6.45) is 0. The van der Waals surface area contributed by atoms with Gasteiger partial charge in [0.1, 0.15) is 0 Å². The van der Waals surface area contributed by atoms with Gasteiger partial charge in [-0.25, -0.2) is 4.98 Å². The number of rotatable bonds is 0. The molecule has 0 fully saturated rings. The summed E-state index contributed by atoms with van der Waals surface area (Å²) in [6, 6.07) is 17.7. The van der Waals surface area contributed by atoms with Gasteiger partial charge in [0.15, 0.2) is 5.54 Å². The van der Waals surface area contributed by atoms with Gasteiger partial charge in [-0.05, 0) is 43.3 Å². The van der Waals surface area contributed by atoms with Gasteiger partial charge in [0.25, 0.3) is 5.91 Å². The fraction of sp³-hybridized carbons (Fsp3) is 0.143. The fourth-order valence-electron chi connectivity index (χ4n) is 4.13. The first kappa shape index (κ1) is 16.8. The van der Waals surface area contributed by atoms with E-state index < -0.39 is 5.54 Å². The van der Waals surface area contributed by atoms with Crippen LogP contribution in [0.4, 0.5) is 0 Å². The Bertz CT molecular complexity index is 1200. The number of aryl methyl sites for hydroxylation is 2. The number of hydrogen-bond donors (Lipinski definition) is 2. The van der Waals surface area contributed by atoms with E-state index in [0.29, 0.717) is 10.7 Å². The van der Waals surface area contributed by atoms with E-state index in [1.54, 1.807) is 4.57 Å². The molecule has 7 heteroatoms. The lowest BCUT2D eigenvalue weighted by atomic mass is 9.87. The number of nitrogens with zero attached hydrogens (tertiary/aromatic N) is 3. The number of benzene rings is 2. The maximum Gasteiger partial charge on any atom is 0.263 e. The molecule has 0 saturated heterocycles. The maximum atomic E-state index is 13.5. The van der Waals surface area contributed by atoms with Crippen LogP contribution in [0.25, 0.3) is 11.1 Å². The van der Waals surface area contributed by atoms with E-state index in [9.17, 15) is 4.79 Å². The number of carbonyl (C=O) groups is 1. The predicted molar refractivity (Wildman–Crippen MR) is 109 cm³/mol. The van der Waals surface area contributed by atoms with Crippen LogP contribution in [0.15, 0.2) is 59.7 Å². The van der Waals surface area contributed by atoms with E-state index in [1.807, 2.05) is 68.4 Å². The Hall–Kier alpha value is -3.32. The molecule has 0 saturated carbocycles.